The number of aryl methyl sites for hydroxylation is 1. The normalized spacial score (nSPS) is 11.3. The highest BCUT2D eigenvalue weighted by atomic mass is 32.1. The summed E-state index contributed by atoms with van der Waals surface area (Å²) in [5.74, 6) is -0.346. The number of methoxy groups -OCH3 is 1. The fourth-order valence-corrected chi connectivity index (χ4v) is 2.81. The topological polar surface area (TPSA) is 51.2 Å². The predicted molar refractivity (Wildman–Crippen MR) is 86.6 cm³/mol. The van der Waals surface area contributed by atoms with Crippen molar-refractivity contribution in [2.24, 2.45) is 0 Å². The maximum atomic E-state index is 11.6. The van der Waals surface area contributed by atoms with Gasteiger partial charge in [0.1, 0.15) is 4.88 Å². The number of carbonyl (C=O) groups is 1. The number of hydrogen-bond acceptors (Lipinski definition) is 5. The summed E-state index contributed by atoms with van der Waals surface area (Å²) in [7, 11) is 1.37. The van der Waals surface area contributed by atoms with Crippen LogP contribution >= 0.6 is 11.3 Å². The Morgan fingerprint density at radius 2 is 1.86 bits per heavy atom. The van der Waals surface area contributed by atoms with Crippen LogP contribution in [0.3, 0.4) is 0 Å². The van der Waals surface area contributed by atoms with E-state index in [2.05, 4.69) is 43.2 Å². The molecule has 0 fully saturated rings. The number of thiazole rings is 1. The summed E-state index contributed by atoms with van der Waals surface area (Å²) in [6.45, 7) is 8.35. The van der Waals surface area contributed by atoms with E-state index in [0.29, 0.717) is 15.7 Å². The number of nitrogens with zero attached hydrogens (tertiary/aromatic N) is 1. The molecule has 4 nitrogen and oxygen atoms in total. The zero-order valence-corrected chi connectivity index (χ0v) is 13.8. The van der Waals surface area contributed by atoms with Gasteiger partial charge in [-0.1, -0.05) is 44.2 Å². The number of hydrogen-bond donors (Lipinski definition) is 1. The van der Waals surface area contributed by atoms with E-state index in [1.54, 1.807) is 6.92 Å². The molecule has 0 saturated carbocycles. The van der Waals surface area contributed by atoms with Crippen LogP contribution in [0.15, 0.2) is 24.3 Å². The summed E-state index contributed by atoms with van der Waals surface area (Å²) in [6.07, 6.45) is 0. The molecule has 1 heterocycles. The number of anilines is 2. The molecule has 0 aliphatic carbocycles. The Hall–Kier alpha value is -1.88. The number of esters is 1. The van der Waals surface area contributed by atoms with E-state index in [1.165, 1.54) is 24.0 Å². The van der Waals surface area contributed by atoms with E-state index in [0.717, 1.165) is 5.69 Å². The summed E-state index contributed by atoms with van der Waals surface area (Å²) in [5.41, 5.74) is 3.04. The molecule has 112 valence electrons. The van der Waals surface area contributed by atoms with Gasteiger partial charge in [-0.05, 0) is 30.0 Å². The highest BCUT2D eigenvalue weighted by Crippen LogP contribution is 2.28. The molecule has 2 rings (SSSR count). The van der Waals surface area contributed by atoms with Crippen molar-refractivity contribution in [1.82, 2.24) is 4.98 Å². The Labute approximate surface area is 129 Å². The minimum Gasteiger partial charge on any atom is -0.465 e. The number of rotatable bonds is 3. The first-order valence-corrected chi connectivity index (χ1v) is 7.56. The van der Waals surface area contributed by atoms with Gasteiger partial charge in [0.25, 0.3) is 0 Å². The van der Waals surface area contributed by atoms with Crippen LogP contribution in [-0.4, -0.2) is 18.1 Å². The summed E-state index contributed by atoms with van der Waals surface area (Å²) in [5, 5.41) is 3.91. The fourth-order valence-electron chi connectivity index (χ4n) is 1.91. The molecule has 0 amide bonds. The van der Waals surface area contributed by atoms with Crippen molar-refractivity contribution < 1.29 is 9.53 Å². The molecule has 2 aromatic rings. The van der Waals surface area contributed by atoms with E-state index in [9.17, 15) is 4.79 Å². The van der Waals surface area contributed by atoms with E-state index < -0.39 is 0 Å². The Balaban J connectivity index is 2.17. The maximum Gasteiger partial charge on any atom is 0.350 e. The van der Waals surface area contributed by atoms with Crippen molar-refractivity contribution in [2.45, 2.75) is 33.1 Å². The molecular formula is C16H20N2O2S. The standard InChI is InChI=1S/C16H20N2O2S/c1-10-13(14(19)20-5)21-15(17-10)18-12-8-6-11(7-9-12)16(2,3)4/h6-9H,1-5H3,(H,17,18). The van der Waals surface area contributed by atoms with Crippen molar-refractivity contribution in [3.05, 3.63) is 40.4 Å². The zero-order valence-electron chi connectivity index (χ0n) is 13.0. The third kappa shape index (κ3) is 3.61. The van der Waals surface area contributed by atoms with Crippen LogP contribution < -0.4 is 5.32 Å². The van der Waals surface area contributed by atoms with Gasteiger partial charge < -0.3 is 10.1 Å². The SMILES string of the molecule is COC(=O)c1sc(Nc2ccc(C(C)(C)C)cc2)nc1C. The lowest BCUT2D eigenvalue weighted by Gasteiger charge is -2.19. The molecule has 0 spiro atoms. The Morgan fingerprint density at radius 1 is 1.24 bits per heavy atom. The minimum atomic E-state index is -0.346. The van der Waals surface area contributed by atoms with Crippen LogP contribution in [0.5, 0.6) is 0 Å². The molecule has 0 aliphatic rings. The van der Waals surface area contributed by atoms with E-state index in [4.69, 9.17) is 4.74 Å². The second-order valence-corrected chi connectivity index (χ2v) is 6.88. The van der Waals surface area contributed by atoms with Crippen molar-refractivity contribution in [2.75, 3.05) is 12.4 Å². The average Bonchev–Trinajstić information content (AvgIpc) is 2.78. The lowest BCUT2D eigenvalue weighted by molar-refractivity contribution is 0.0605. The number of nitrogens with one attached hydrogen (secondary N) is 1. The molecule has 0 aliphatic heterocycles. The molecule has 1 aromatic carbocycles. The highest BCUT2D eigenvalue weighted by molar-refractivity contribution is 7.17. The Kier molecular flexibility index (Phi) is 4.32. The third-order valence-corrected chi connectivity index (χ3v) is 4.22. The Morgan fingerprint density at radius 3 is 2.38 bits per heavy atom. The van der Waals surface area contributed by atoms with Gasteiger partial charge in [0.2, 0.25) is 0 Å². The molecule has 0 radical (unpaired) electrons. The summed E-state index contributed by atoms with van der Waals surface area (Å²) < 4.78 is 4.74. The second-order valence-electron chi connectivity index (χ2n) is 5.88. The number of benzene rings is 1. The molecular weight excluding hydrogens is 284 g/mol. The molecule has 1 aromatic heterocycles. The lowest BCUT2D eigenvalue weighted by atomic mass is 9.87. The van der Waals surface area contributed by atoms with Gasteiger partial charge >= 0.3 is 5.97 Å². The largest absolute Gasteiger partial charge is 0.465 e. The van der Waals surface area contributed by atoms with Gasteiger partial charge in [0.05, 0.1) is 12.8 Å². The summed E-state index contributed by atoms with van der Waals surface area (Å²) in [6, 6.07) is 8.25. The van der Waals surface area contributed by atoms with Crippen LogP contribution in [0.2, 0.25) is 0 Å². The smallest absolute Gasteiger partial charge is 0.350 e. The molecule has 0 bridgehead atoms. The number of aromatic nitrogens is 1. The Bertz CT molecular complexity index is 639. The molecule has 0 atom stereocenters. The minimum absolute atomic E-state index is 0.133. The van der Waals surface area contributed by atoms with Crippen LogP contribution in [0, 0.1) is 6.92 Å². The maximum absolute atomic E-state index is 11.6. The van der Waals surface area contributed by atoms with Crippen molar-refractivity contribution in [3.8, 4) is 0 Å². The van der Waals surface area contributed by atoms with E-state index in [-0.39, 0.29) is 11.4 Å². The molecule has 0 unspecified atom stereocenters. The molecule has 1 N–H and O–H groups in total. The van der Waals surface area contributed by atoms with Crippen LogP contribution in [-0.2, 0) is 10.2 Å². The first-order valence-electron chi connectivity index (χ1n) is 6.74. The van der Waals surface area contributed by atoms with Crippen LogP contribution in [0.1, 0.15) is 41.7 Å². The van der Waals surface area contributed by atoms with Gasteiger partial charge in [-0.3, -0.25) is 0 Å². The highest BCUT2D eigenvalue weighted by Gasteiger charge is 2.16. The van der Waals surface area contributed by atoms with Crippen molar-refractivity contribution in [1.29, 1.82) is 0 Å². The fraction of sp³-hybridized carbons (Fsp3) is 0.375. The summed E-state index contributed by atoms with van der Waals surface area (Å²) >= 11 is 1.30. The van der Waals surface area contributed by atoms with Gasteiger partial charge in [-0.2, -0.15) is 0 Å². The van der Waals surface area contributed by atoms with Gasteiger partial charge in [0, 0.05) is 5.69 Å². The zero-order chi connectivity index (χ0) is 15.6. The van der Waals surface area contributed by atoms with Gasteiger partial charge in [-0.15, -0.1) is 0 Å². The van der Waals surface area contributed by atoms with Crippen LogP contribution in [0.4, 0.5) is 10.8 Å². The predicted octanol–water partition coefficient (Wildman–Crippen LogP) is 4.28. The second kappa shape index (κ2) is 5.85. The average molecular weight is 304 g/mol. The number of carbonyl (C=O) groups excluding carboxylic acids is 1. The third-order valence-electron chi connectivity index (χ3n) is 3.17. The monoisotopic (exact) mass is 304 g/mol. The quantitative estimate of drug-likeness (QED) is 0.860. The van der Waals surface area contributed by atoms with E-state index >= 15 is 0 Å². The lowest BCUT2D eigenvalue weighted by Crippen LogP contribution is -2.10. The number of ether oxygens (including phenoxy) is 1. The van der Waals surface area contributed by atoms with Gasteiger partial charge in [-0.25, -0.2) is 9.78 Å². The summed E-state index contributed by atoms with van der Waals surface area (Å²) in [4.78, 5) is 16.5. The first-order chi connectivity index (χ1) is 9.81. The van der Waals surface area contributed by atoms with Crippen molar-refractivity contribution >= 4 is 28.1 Å². The van der Waals surface area contributed by atoms with Crippen LogP contribution in [0.25, 0.3) is 0 Å². The molecule has 21 heavy (non-hydrogen) atoms. The van der Waals surface area contributed by atoms with Crippen molar-refractivity contribution in [3.63, 3.8) is 0 Å². The molecule has 5 heteroatoms. The molecule has 0 saturated heterocycles. The van der Waals surface area contributed by atoms with Gasteiger partial charge in [0.15, 0.2) is 5.13 Å². The van der Waals surface area contributed by atoms with E-state index in [1.807, 2.05) is 12.1 Å². The first kappa shape index (κ1) is 15.5.